The number of amides is 1. The topological polar surface area (TPSA) is 56.7 Å². The second-order valence-electron chi connectivity index (χ2n) is 6.29. The van der Waals surface area contributed by atoms with Gasteiger partial charge < -0.3 is 11.1 Å². The van der Waals surface area contributed by atoms with Crippen LogP contribution in [0.25, 0.3) is 0 Å². The maximum atomic E-state index is 14.3. The van der Waals surface area contributed by atoms with E-state index in [1.54, 1.807) is 12.1 Å². The minimum Gasteiger partial charge on any atom is -0.325 e. The van der Waals surface area contributed by atoms with Gasteiger partial charge in [0.15, 0.2) is 0 Å². The fourth-order valence-corrected chi connectivity index (χ4v) is 2.75. The number of benzene rings is 2. The van der Waals surface area contributed by atoms with Crippen LogP contribution in [0.5, 0.6) is 0 Å². The largest absolute Gasteiger partial charge is 0.435 e. The molecule has 0 bridgehead atoms. The Hall–Kier alpha value is -2.62. The van der Waals surface area contributed by atoms with Crippen LogP contribution in [0.2, 0.25) is 0 Å². The molecule has 152 valence electrons. The molecule has 1 amide bonds. The molecule has 0 aliphatic rings. The summed E-state index contributed by atoms with van der Waals surface area (Å²) in [5.74, 6) is -0.636. The first kappa shape index (κ1) is 21.7. The summed E-state index contributed by atoms with van der Waals surface area (Å²) in [6, 6.07) is 6.97. The molecule has 0 fully saturated rings. The van der Waals surface area contributed by atoms with Crippen molar-refractivity contribution in [3.8, 4) is 0 Å². The van der Waals surface area contributed by atoms with Crippen LogP contribution < -0.4 is 11.1 Å². The van der Waals surface area contributed by atoms with E-state index in [2.05, 4.69) is 11.1 Å². The lowest BCUT2D eigenvalue weighted by Gasteiger charge is -2.31. The molecule has 0 heterocycles. The third-order valence-corrected chi connectivity index (χ3v) is 4.14. The lowest BCUT2D eigenvalue weighted by molar-refractivity contribution is -0.348. The Labute approximate surface area is 155 Å². The number of halogens is 7. The van der Waals surface area contributed by atoms with Gasteiger partial charge in [0.1, 0.15) is 5.69 Å². The molecule has 28 heavy (non-hydrogen) atoms. The Morgan fingerprint density at radius 1 is 0.893 bits per heavy atom. The van der Waals surface area contributed by atoms with Crippen LogP contribution in [0.4, 0.5) is 42.1 Å². The highest BCUT2D eigenvalue weighted by Crippen LogP contribution is 2.53. The number of hydrogen-bond acceptors (Lipinski definition) is 1. The quantitative estimate of drug-likeness (QED) is 0.709. The molecule has 0 saturated carbocycles. The van der Waals surface area contributed by atoms with Gasteiger partial charge in [-0.05, 0) is 37.1 Å². The van der Waals surface area contributed by atoms with Crippen LogP contribution in [0.3, 0.4) is 0 Å². The van der Waals surface area contributed by atoms with E-state index < -0.39 is 29.5 Å². The van der Waals surface area contributed by atoms with Crippen LogP contribution in [-0.2, 0) is 5.67 Å². The van der Waals surface area contributed by atoms with E-state index >= 15 is 0 Å². The summed E-state index contributed by atoms with van der Waals surface area (Å²) in [6.45, 7) is 2.36. The van der Waals surface area contributed by atoms with Gasteiger partial charge in [-0.25, -0.2) is 4.39 Å². The molecule has 0 aliphatic heterocycles. The van der Waals surface area contributed by atoms with Gasteiger partial charge in [-0.2, -0.15) is 26.3 Å². The SMILES string of the molecule is Cc1cc(C(F)(C(F)(F)F)C(F)(F)F)cc(C)c1NC(=O)c1cccc([NH3+])c1. The smallest absolute Gasteiger partial charge is 0.325 e. The fraction of sp³-hybridized carbons (Fsp3) is 0.278. The third kappa shape index (κ3) is 3.82. The van der Waals surface area contributed by atoms with E-state index in [0.29, 0.717) is 17.8 Å². The molecule has 2 aromatic carbocycles. The first-order chi connectivity index (χ1) is 12.7. The number of carbonyl (C=O) groups is 1. The number of anilines is 1. The van der Waals surface area contributed by atoms with Crippen LogP contribution in [0.15, 0.2) is 36.4 Å². The van der Waals surface area contributed by atoms with Gasteiger partial charge in [-0.1, -0.05) is 18.2 Å². The lowest BCUT2D eigenvalue weighted by atomic mass is 9.90. The molecule has 3 nitrogen and oxygen atoms in total. The molecule has 0 aliphatic carbocycles. The van der Waals surface area contributed by atoms with E-state index in [9.17, 15) is 35.5 Å². The first-order valence-electron chi connectivity index (χ1n) is 7.86. The Balaban J connectivity index is 2.49. The summed E-state index contributed by atoms with van der Waals surface area (Å²) in [7, 11) is 0. The summed E-state index contributed by atoms with van der Waals surface area (Å²) < 4.78 is 91.9. The molecule has 2 aromatic rings. The van der Waals surface area contributed by atoms with Gasteiger partial charge in [0, 0.05) is 22.9 Å². The second-order valence-corrected chi connectivity index (χ2v) is 6.29. The lowest BCUT2D eigenvalue weighted by Crippen LogP contribution is -2.50. The summed E-state index contributed by atoms with van der Waals surface area (Å²) in [5.41, 5.74) is -3.04. The second kappa shape index (κ2) is 7.08. The zero-order valence-electron chi connectivity index (χ0n) is 14.7. The van der Waals surface area contributed by atoms with Crippen LogP contribution in [0, 0.1) is 13.8 Å². The summed E-state index contributed by atoms with van der Waals surface area (Å²) in [4.78, 5) is 12.3. The zero-order chi connectivity index (χ0) is 21.5. The van der Waals surface area contributed by atoms with Gasteiger partial charge in [0.05, 0.1) is 0 Å². The maximum Gasteiger partial charge on any atom is 0.435 e. The van der Waals surface area contributed by atoms with Crippen molar-refractivity contribution in [2.45, 2.75) is 31.9 Å². The number of nitrogens with one attached hydrogen (secondary N) is 1. The Morgan fingerprint density at radius 3 is 1.82 bits per heavy atom. The van der Waals surface area contributed by atoms with Crippen molar-refractivity contribution in [2.75, 3.05) is 5.32 Å². The van der Waals surface area contributed by atoms with Crippen molar-refractivity contribution >= 4 is 17.3 Å². The van der Waals surface area contributed by atoms with E-state index in [0.717, 1.165) is 0 Å². The molecule has 0 saturated heterocycles. The van der Waals surface area contributed by atoms with E-state index in [-0.39, 0.29) is 22.4 Å². The van der Waals surface area contributed by atoms with Crippen LogP contribution in [-0.4, -0.2) is 18.3 Å². The van der Waals surface area contributed by atoms with Gasteiger partial charge >= 0.3 is 18.0 Å². The molecule has 0 atom stereocenters. The van der Waals surface area contributed by atoms with Crippen molar-refractivity contribution < 1.29 is 41.3 Å². The van der Waals surface area contributed by atoms with Crippen molar-refractivity contribution in [1.82, 2.24) is 0 Å². The molecule has 0 spiro atoms. The summed E-state index contributed by atoms with van der Waals surface area (Å²) >= 11 is 0. The minimum atomic E-state index is -6.20. The van der Waals surface area contributed by atoms with E-state index in [4.69, 9.17) is 0 Å². The highest BCUT2D eigenvalue weighted by atomic mass is 19.4. The normalized spacial score (nSPS) is 12.8. The van der Waals surface area contributed by atoms with Crippen molar-refractivity contribution in [3.05, 3.63) is 58.7 Å². The fourth-order valence-electron chi connectivity index (χ4n) is 2.75. The van der Waals surface area contributed by atoms with E-state index in [1.807, 2.05) is 0 Å². The predicted octanol–water partition coefficient (Wildman–Crippen LogP) is 4.72. The Kier molecular flexibility index (Phi) is 5.48. The van der Waals surface area contributed by atoms with Crippen LogP contribution >= 0.6 is 0 Å². The maximum absolute atomic E-state index is 14.3. The highest BCUT2D eigenvalue weighted by molar-refractivity contribution is 6.05. The zero-order valence-corrected chi connectivity index (χ0v) is 14.7. The molecule has 0 unspecified atom stereocenters. The van der Waals surface area contributed by atoms with E-state index in [1.165, 1.54) is 26.0 Å². The standard InChI is InChI=1S/C18H15F7N2O/c1-9-6-12(16(19,17(20,21)22)18(23,24)25)7-10(2)14(9)27-15(28)11-4-3-5-13(26)8-11/h3-8H,26H2,1-2H3,(H,27,28)/p+1. The Morgan fingerprint density at radius 2 is 1.39 bits per heavy atom. The van der Waals surface area contributed by atoms with Crippen molar-refractivity contribution in [3.63, 3.8) is 0 Å². The molecule has 0 aromatic heterocycles. The minimum absolute atomic E-state index is 0.00471. The van der Waals surface area contributed by atoms with Crippen molar-refractivity contribution in [2.24, 2.45) is 0 Å². The number of quaternary nitrogens is 1. The van der Waals surface area contributed by atoms with Crippen molar-refractivity contribution in [1.29, 1.82) is 0 Å². The van der Waals surface area contributed by atoms with Gasteiger partial charge in [0.25, 0.3) is 5.91 Å². The van der Waals surface area contributed by atoms with Gasteiger partial charge in [-0.3, -0.25) is 4.79 Å². The number of alkyl halides is 7. The number of hydrogen-bond donors (Lipinski definition) is 2. The third-order valence-electron chi connectivity index (χ3n) is 4.14. The monoisotopic (exact) mass is 409 g/mol. The first-order valence-corrected chi connectivity index (χ1v) is 7.86. The molecular weight excluding hydrogens is 393 g/mol. The average molecular weight is 409 g/mol. The summed E-state index contributed by atoms with van der Waals surface area (Å²) in [6.07, 6.45) is -12.4. The highest BCUT2D eigenvalue weighted by Gasteiger charge is 2.73. The van der Waals surface area contributed by atoms with Gasteiger partial charge in [-0.15, -0.1) is 0 Å². The van der Waals surface area contributed by atoms with Crippen LogP contribution in [0.1, 0.15) is 27.0 Å². The molecule has 2 rings (SSSR count). The predicted molar refractivity (Wildman–Crippen MR) is 87.8 cm³/mol. The summed E-state index contributed by atoms with van der Waals surface area (Å²) in [5, 5.41) is 2.43. The molecule has 4 N–H and O–H groups in total. The molecule has 0 radical (unpaired) electrons. The molecule has 10 heteroatoms. The number of aryl methyl sites for hydroxylation is 2. The number of carbonyl (C=O) groups excluding carboxylic acids is 1. The molecular formula is C18H16F7N2O+. The number of rotatable bonds is 3. The van der Waals surface area contributed by atoms with Gasteiger partial charge in [0.2, 0.25) is 0 Å². The average Bonchev–Trinajstić information content (AvgIpc) is 2.54. The Bertz CT molecular complexity index is 867.